The van der Waals surface area contributed by atoms with Crippen LogP contribution < -0.4 is 16.0 Å². The summed E-state index contributed by atoms with van der Waals surface area (Å²) in [7, 11) is 3.11. The van der Waals surface area contributed by atoms with Gasteiger partial charge < -0.3 is 30.8 Å². The van der Waals surface area contributed by atoms with E-state index in [0.717, 1.165) is 12.1 Å². The number of methoxy groups -OCH3 is 1. The maximum absolute atomic E-state index is 12.5. The normalized spacial score (nSPS) is 26.9. The van der Waals surface area contributed by atoms with Gasteiger partial charge in [0.05, 0.1) is 12.3 Å². The molecule has 0 aliphatic heterocycles. The number of likely N-dealkylation sites (N-methyl/N-ethyl adjacent to an activating group) is 1. The summed E-state index contributed by atoms with van der Waals surface area (Å²) in [6.07, 6.45) is 1.66. The van der Waals surface area contributed by atoms with E-state index in [1.54, 1.807) is 7.05 Å². The minimum atomic E-state index is -0.392. The van der Waals surface area contributed by atoms with E-state index in [2.05, 4.69) is 33.1 Å². The smallest absolute Gasteiger partial charge is 0.407 e. The van der Waals surface area contributed by atoms with Gasteiger partial charge in [0.15, 0.2) is 5.82 Å². The van der Waals surface area contributed by atoms with Crippen molar-refractivity contribution >= 4 is 23.5 Å². The third-order valence-corrected chi connectivity index (χ3v) is 5.93. The molecule has 0 bridgehead atoms. The monoisotopic (exact) mass is 432 g/mol. The molecular weight excluding hydrogens is 400 g/mol. The number of rotatable bonds is 9. The van der Waals surface area contributed by atoms with Crippen LogP contribution in [0.3, 0.4) is 0 Å². The zero-order chi connectivity index (χ0) is 22.7. The molecule has 10 nitrogen and oxygen atoms in total. The molecule has 0 aromatic carbocycles. The van der Waals surface area contributed by atoms with Gasteiger partial charge in [0.1, 0.15) is 11.8 Å². The van der Waals surface area contributed by atoms with Crippen LogP contribution in [0.15, 0.2) is 17.8 Å². The third kappa shape index (κ3) is 5.25. The van der Waals surface area contributed by atoms with Crippen molar-refractivity contribution in [2.45, 2.75) is 45.3 Å². The predicted molar refractivity (Wildman–Crippen MR) is 116 cm³/mol. The maximum Gasteiger partial charge on any atom is 0.407 e. The number of hydrogen-bond acceptors (Lipinski definition) is 7. The molecule has 2 aliphatic carbocycles. The topological polar surface area (TPSA) is 141 Å². The Labute approximate surface area is 182 Å². The number of alkyl carbamates (subject to hydrolysis) is 1. The summed E-state index contributed by atoms with van der Waals surface area (Å²) in [4.78, 5) is 24.5. The average Bonchev–Trinajstić information content (AvgIpc) is 3.03. The minimum Gasteiger partial charge on any atom is -0.446 e. The van der Waals surface area contributed by atoms with Crippen molar-refractivity contribution in [1.29, 1.82) is 5.41 Å². The summed E-state index contributed by atoms with van der Waals surface area (Å²) in [5.41, 5.74) is 1.34. The van der Waals surface area contributed by atoms with Crippen molar-refractivity contribution in [3.63, 3.8) is 0 Å². The van der Waals surface area contributed by atoms with E-state index in [1.165, 1.54) is 13.2 Å². The second-order valence-electron chi connectivity index (χ2n) is 8.53. The molecule has 2 saturated carbocycles. The molecule has 2 aliphatic rings. The Kier molecular flexibility index (Phi) is 6.99. The molecule has 1 aromatic heterocycles. The predicted octanol–water partition coefficient (Wildman–Crippen LogP) is 1.99. The Balaban J connectivity index is 1.62. The molecule has 2 amide bonds. The summed E-state index contributed by atoms with van der Waals surface area (Å²) in [6, 6.07) is 1.86. The summed E-state index contributed by atoms with van der Waals surface area (Å²) in [5, 5.41) is 23.4. The number of aromatic nitrogens is 2. The first-order valence-corrected chi connectivity index (χ1v) is 10.5. The highest BCUT2D eigenvalue weighted by atomic mass is 16.6. The number of aromatic amines is 1. The van der Waals surface area contributed by atoms with Crippen LogP contribution >= 0.6 is 0 Å². The summed E-state index contributed by atoms with van der Waals surface area (Å²) in [6.45, 7) is 6.09. The molecule has 0 radical (unpaired) electrons. The Morgan fingerprint density at radius 2 is 2.13 bits per heavy atom. The van der Waals surface area contributed by atoms with Crippen molar-refractivity contribution < 1.29 is 19.1 Å². The first-order chi connectivity index (χ1) is 14.7. The van der Waals surface area contributed by atoms with Crippen molar-refractivity contribution in [1.82, 2.24) is 20.8 Å². The van der Waals surface area contributed by atoms with Crippen LogP contribution in [0.4, 0.5) is 10.6 Å². The first kappa shape index (κ1) is 22.8. The van der Waals surface area contributed by atoms with Crippen LogP contribution in [0.1, 0.15) is 38.8 Å². The molecule has 0 saturated heterocycles. The van der Waals surface area contributed by atoms with Crippen molar-refractivity contribution in [2.24, 2.45) is 17.8 Å². The quantitative estimate of drug-likeness (QED) is 0.298. The number of fused-ring (bicyclic) bond motifs is 1. The van der Waals surface area contributed by atoms with Gasteiger partial charge in [-0.2, -0.15) is 5.10 Å². The SMILES string of the molecule is CN/C(=C\C(=N)COC)C(=O)Nc1cc(C2CC(OC(=O)NC(C)C)C3C(C)C23)[nH]n1. The van der Waals surface area contributed by atoms with Gasteiger partial charge in [0, 0.05) is 43.8 Å². The Bertz CT molecular complexity index is 864. The zero-order valence-corrected chi connectivity index (χ0v) is 18.6. The van der Waals surface area contributed by atoms with Gasteiger partial charge in [-0.25, -0.2) is 4.79 Å². The molecule has 3 rings (SSSR count). The van der Waals surface area contributed by atoms with E-state index in [4.69, 9.17) is 14.9 Å². The molecular formula is C21H32N6O4. The Hall–Kier alpha value is -2.88. The number of H-pyrrole nitrogens is 1. The average molecular weight is 433 g/mol. The number of nitrogens with zero attached hydrogens (tertiary/aromatic N) is 1. The van der Waals surface area contributed by atoms with Gasteiger partial charge in [0.2, 0.25) is 0 Å². The van der Waals surface area contributed by atoms with Crippen LogP contribution in [0, 0.1) is 23.2 Å². The number of amides is 2. The number of hydrogen-bond donors (Lipinski definition) is 5. The van der Waals surface area contributed by atoms with E-state index in [9.17, 15) is 9.59 Å². The minimum absolute atomic E-state index is 0.0330. The fourth-order valence-corrected chi connectivity index (χ4v) is 4.58. The molecule has 2 fully saturated rings. The first-order valence-electron chi connectivity index (χ1n) is 10.5. The Morgan fingerprint density at radius 1 is 1.39 bits per heavy atom. The molecule has 5 unspecified atom stereocenters. The fourth-order valence-electron chi connectivity index (χ4n) is 4.58. The molecule has 5 N–H and O–H groups in total. The lowest BCUT2D eigenvalue weighted by Crippen LogP contribution is -2.34. The van der Waals surface area contributed by atoms with Gasteiger partial charge in [-0.15, -0.1) is 0 Å². The molecule has 1 heterocycles. The number of nitrogens with one attached hydrogen (secondary N) is 5. The molecule has 31 heavy (non-hydrogen) atoms. The summed E-state index contributed by atoms with van der Waals surface area (Å²) in [5.74, 6) is 1.48. The second kappa shape index (κ2) is 9.51. The summed E-state index contributed by atoms with van der Waals surface area (Å²) >= 11 is 0. The van der Waals surface area contributed by atoms with Crippen LogP contribution in [-0.2, 0) is 14.3 Å². The van der Waals surface area contributed by atoms with Gasteiger partial charge in [-0.1, -0.05) is 6.92 Å². The molecule has 170 valence electrons. The van der Waals surface area contributed by atoms with Crippen LogP contribution in [0.25, 0.3) is 0 Å². The third-order valence-electron chi connectivity index (χ3n) is 5.93. The summed E-state index contributed by atoms with van der Waals surface area (Å²) < 4.78 is 10.6. The van der Waals surface area contributed by atoms with E-state index < -0.39 is 5.91 Å². The van der Waals surface area contributed by atoms with Gasteiger partial charge in [0.25, 0.3) is 5.91 Å². The van der Waals surface area contributed by atoms with Gasteiger partial charge in [-0.05, 0) is 38.2 Å². The maximum atomic E-state index is 12.5. The number of carbonyl (C=O) groups is 2. The molecule has 0 spiro atoms. The van der Waals surface area contributed by atoms with E-state index >= 15 is 0 Å². The standard InChI is InChI=1S/C21H32N6O4/c1-10(2)24-21(29)31-16-7-13(18-11(3)19(16)18)14-8-17(27-26-14)25-20(28)15(23-4)6-12(22)9-30-5/h6,8,10-11,13,16,18-19,22-23H,7,9H2,1-5H3,(H,24,29)(H2,25,26,27,28)/b15-6-,22-12?. The molecule has 5 atom stereocenters. The number of carbonyl (C=O) groups excluding carboxylic acids is 2. The number of ether oxygens (including phenoxy) is 2. The van der Waals surface area contributed by atoms with Crippen molar-refractivity contribution in [3.05, 3.63) is 23.5 Å². The van der Waals surface area contributed by atoms with Gasteiger partial charge in [-0.3, -0.25) is 9.89 Å². The lowest BCUT2D eigenvalue weighted by atomic mass is 9.96. The van der Waals surface area contributed by atoms with E-state index in [1.807, 2.05) is 19.9 Å². The second-order valence-corrected chi connectivity index (χ2v) is 8.53. The van der Waals surface area contributed by atoms with Crippen LogP contribution in [0.5, 0.6) is 0 Å². The highest BCUT2D eigenvalue weighted by Gasteiger charge is 2.62. The zero-order valence-electron chi connectivity index (χ0n) is 18.6. The van der Waals surface area contributed by atoms with E-state index in [0.29, 0.717) is 23.6 Å². The number of anilines is 1. The van der Waals surface area contributed by atoms with E-state index in [-0.39, 0.29) is 42.2 Å². The lowest BCUT2D eigenvalue weighted by molar-refractivity contribution is -0.113. The van der Waals surface area contributed by atoms with Crippen LogP contribution in [0.2, 0.25) is 0 Å². The van der Waals surface area contributed by atoms with Gasteiger partial charge >= 0.3 is 6.09 Å². The lowest BCUT2D eigenvalue weighted by Gasteiger charge is -2.19. The molecule has 1 aromatic rings. The Morgan fingerprint density at radius 3 is 2.77 bits per heavy atom. The highest BCUT2D eigenvalue weighted by molar-refractivity contribution is 6.08. The fraction of sp³-hybridized carbons (Fsp3) is 0.619. The van der Waals surface area contributed by atoms with Crippen molar-refractivity contribution in [2.75, 3.05) is 26.1 Å². The van der Waals surface area contributed by atoms with Crippen LogP contribution in [-0.4, -0.2) is 60.8 Å². The van der Waals surface area contributed by atoms with Crippen molar-refractivity contribution in [3.8, 4) is 0 Å². The highest BCUT2D eigenvalue weighted by Crippen LogP contribution is 2.64. The largest absolute Gasteiger partial charge is 0.446 e. The molecule has 10 heteroatoms.